The summed E-state index contributed by atoms with van der Waals surface area (Å²) in [5.74, 6) is 6.00. The molecule has 108 valence electrons. The van der Waals surface area contributed by atoms with E-state index >= 15 is 0 Å². The van der Waals surface area contributed by atoms with Gasteiger partial charge in [0.2, 0.25) is 0 Å². The fraction of sp³-hybridized carbons (Fsp3) is 0.200. The van der Waals surface area contributed by atoms with Crippen LogP contribution in [0.2, 0.25) is 0 Å². The lowest BCUT2D eigenvalue weighted by molar-refractivity contribution is -0.386. The fourth-order valence-corrected chi connectivity index (χ4v) is 2.59. The molecular formula is C15H14N2O3S. The highest BCUT2D eigenvalue weighted by Gasteiger charge is 2.18. The topological polar surface area (TPSA) is 78.4 Å². The lowest BCUT2D eigenvalue weighted by Crippen LogP contribution is -1.99. The Balaban J connectivity index is 2.12. The number of nitro benzene ring substituents is 1. The first kappa shape index (κ1) is 15.0. The standard InChI is InChI=1S/C15H14N2O3S/c1-11-4-2-6-14(15(11)17(18)19)20-10-13-8-7-12(21-13)5-3-9-16/h2,4,6-8H,9-10,16H2,1H3. The molecule has 1 aromatic heterocycles. The molecule has 2 aromatic rings. The van der Waals surface area contributed by atoms with Crippen molar-refractivity contribution in [2.45, 2.75) is 13.5 Å². The molecule has 0 fully saturated rings. The van der Waals surface area contributed by atoms with Gasteiger partial charge in [0.25, 0.3) is 0 Å². The second-order valence-electron chi connectivity index (χ2n) is 4.24. The average Bonchev–Trinajstić information content (AvgIpc) is 2.90. The van der Waals surface area contributed by atoms with Crippen LogP contribution in [0.4, 0.5) is 5.69 Å². The van der Waals surface area contributed by atoms with E-state index in [4.69, 9.17) is 10.5 Å². The summed E-state index contributed by atoms with van der Waals surface area (Å²) in [5.41, 5.74) is 5.91. The van der Waals surface area contributed by atoms with Crippen molar-refractivity contribution in [1.82, 2.24) is 0 Å². The molecule has 21 heavy (non-hydrogen) atoms. The van der Waals surface area contributed by atoms with E-state index in [9.17, 15) is 10.1 Å². The first-order valence-electron chi connectivity index (χ1n) is 6.26. The molecule has 1 aromatic carbocycles. The van der Waals surface area contributed by atoms with E-state index in [0.29, 0.717) is 12.1 Å². The van der Waals surface area contributed by atoms with E-state index in [1.165, 1.54) is 11.3 Å². The van der Waals surface area contributed by atoms with Crippen molar-refractivity contribution in [2.24, 2.45) is 5.73 Å². The minimum atomic E-state index is -0.419. The van der Waals surface area contributed by atoms with E-state index in [2.05, 4.69) is 11.8 Å². The number of benzene rings is 1. The third-order valence-electron chi connectivity index (χ3n) is 2.73. The van der Waals surface area contributed by atoms with Crippen LogP contribution < -0.4 is 10.5 Å². The van der Waals surface area contributed by atoms with Gasteiger partial charge in [-0.1, -0.05) is 24.0 Å². The van der Waals surface area contributed by atoms with Crippen molar-refractivity contribution in [1.29, 1.82) is 0 Å². The Morgan fingerprint density at radius 1 is 1.38 bits per heavy atom. The minimum Gasteiger partial charge on any atom is -0.481 e. The summed E-state index contributed by atoms with van der Waals surface area (Å²) in [6.45, 7) is 2.29. The number of nitrogens with two attached hydrogens (primary N) is 1. The van der Waals surface area contributed by atoms with Crippen LogP contribution in [0.3, 0.4) is 0 Å². The Bertz CT molecular complexity index is 713. The maximum atomic E-state index is 11.1. The Hall–Kier alpha value is -2.36. The molecule has 0 saturated heterocycles. The number of hydrogen-bond donors (Lipinski definition) is 1. The van der Waals surface area contributed by atoms with Gasteiger partial charge in [-0.2, -0.15) is 0 Å². The molecule has 0 aliphatic rings. The second-order valence-corrected chi connectivity index (χ2v) is 5.41. The van der Waals surface area contributed by atoms with Gasteiger partial charge in [-0.15, -0.1) is 11.3 Å². The van der Waals surface area contributed by atoms with Crippen LogP contribution in [-0.4, -0.2) is 11.5 Å². The molecule has 0 amide bonds. The van der Waals surface area contributed by atoms with Crippen LogP contribution in [0.25, 0.3) is 0 Å². The number of thiophene rings is 1. The zero-order chi connectivity index (χ0) is 15.2. The SMILES string of the molecule is Cc1cccc(OCc2ccc(C#CCN)s2)c1[N+](=O)[O-]. The summed E-state index contributed by atoms with van der Waals surface area (Å²) < 4.78 is 5.58. The van der Waals surface area contributed by atoms with Crippen molar-refractivity contribution < 1.29 is 9.66 Å². The van der Waals surface area contributed by atoms with Crippen molar-refractivity contribution in [2.75, 3.05) is 6.54 Å². The molecule has 2 N–H and O–H groups in total. The molecule has 5 nitrogen and oxygen atoms in total. The van der Waals surface area contributed by atoms with Gasteiger partial charge in [0.05, 0.1) is 16.3 Å². The zero-order valence-electron chi connectivity index (χ0n) is 11.5. The van der Waals surface area contributed by atoms with Crippen LogP contribution in [0.1, 0.15) is 15.3 Å². The van der Waals surface area contributed by atoms with Gasteiger partial charge in [-0.25, -0.2) is 0 Å². The smallest absolute Gasteiger partial charge is 0.313 e. The van der Waals surface area contributed by atoms with Gasteiger partial charge in [0, 0.05) is 10.4 Å². The van der Waals surface area contributed by atoms with Crippen molar-refractivity contribution in [3.8, 4) is 17.6 Å². The van der Waals surface area contributed by atoms with Gasteiger partial charge in [0.1, 0.15) is 6.61 Å². The van der Waals surface area contributed by atoms with Gasteiger partial charge in [0.15, 0.2) is 5.75 Å². The van der Waals surface area contributed by atoms with E-state index < -0.39 is 4.92 Å². The number of nitrogens with zero attached hydrogens (tertiary/aromatic N) is 1. The number of nitro groups is 1. The number of rotatable bonds is 4. The highest BCUT2D eigenvalue weighted by atomic mass is 32.1. The minimum absolute atomic E-state index is 0.0113. The van der Waals surface area contributed by atoms with Gasteiger partial charge in [-0.3, -0.25) is 10.1 Å². The lowest BCUT2D eigenvalue weighted by Gasteiger charge is -2.06. The molecule has 0 spiro atoms. The Morgan fingerprint density at radius 3 is 2.90 bits per heavy atom. The van der Waals surface area contributed by atoms with Crippen molar-refractivity contribution in [3.05, 3.63) is 55.8 Å². The van der Waals surface area contributed by atoms with E-state index in [0.717, 1.165) is 9.75 Å². The molecule has 0 bridgehead atoms. The molecule has 0 atom stereocenters. The Labute approximate surface area is 126 Å². The summed E-state index contributed by atoms with van der Waals surface area (Å²) in [5, 5.41) is 11.1. The number of hydrogen-bond acceptors (Lipinski definition) is 5. The predicted octanol–water partition coefficient (Wildman–Crippen LogP) is 2.85. The first-order valence-corrected chi connectivity index (χ1v) is 7.08. The first-order chi connectivity index (χ1) is 10.1. The summed E-state index contributed by atoms with van der Waals surface area (Å²) in [6, 6.07) is 8.82. The molecular weight excluding hydrogens is 288 g/mol. The monoisotopic (exact) mass is 302 g/mol. The average molecular weight is 302 g/mol. The molecule has 0 aliphatic carbocycles. The largest absolute Gasteiger partial charge is 0.481 e. The Kier molecular flexibility index (Phi) is 4.93. The summed E-state index contributed by atoms with van der Waals surface area (Å²) in [6.07, 6.45) is 0. The number of para-hydroxylation sites is 1. The molecule has 6 heteroatoms. The van der Waals surface area contributed by atoms with Crippen LogP contribution in [0, 0.1) is 28.9 Å². The lowest BCUT2D eigenvalue weighted by atomic mass is 10.2. The molecule has 0 aliphatic heterocycles. The highest BCUT2D eigenvalue weighted by molar-refractivity contribution is 7.12. The third kappa shape index (κ3) is 3.81. The van der Waals surface area contributed by atoms with Crippen LogP contribution in [-0.2, 0) is 6.61 Å². The van der Waals surface area contributed by atoms with Gasteiger partial charge in [-0.05, 0) is 25.1 Å². The van der Waals surface area contributed by atoms with Crippen LogP contribution in [0.5, 0.6) is 5.75 Å². The molecule has 2 rings (SSSR count). The maximum absolute atomic E-state index is 11.1. The number of aryl methyl sites for hydroxylation is 1. The highest BCUT2D eigenvalue weighted by Crippen LogP contribution is 2.31. The van der Waals surface area contributed by atoms with Gasteiger partial charge >= 0.3 is 5.69 Å². The molecule has 0 saturated carbocycles. The molecule has 0 unspecified atom stereocenters. The van der Waals surface area contributed by atoms with E-state index in [1.807, 2.05) is 12.1 Å². The van der Waals surface area contributed by atoms with Gasteiger partial charge < -0.3 is 10.5 Å². The third-order valence-corrected chi connectivity index (χ3v) is 3.70. The Morgan fingerprint density at radius 2 is 2.19 bits per heavy atom. The van der Waals surface area contributed by atoms with Crippen molar-refractivity contribution in [3.63, 3.8) is 0 Å². The zero-order valence-corrected chi connectivity index (χ0v) is 12.3. The predicted molar refractivity (Wildman–Crippen MR) is 82.4 cm³/mol. The van der Waals surface area contributed by atoms with Crippen LogP contribution in [0.15, 0.2) is 30.3 Å². The van der Waals surface area contributed by atoms with Crippen molar-refractivity contribution >= 4 is 17.0 Å². The van der Waals surface area contributed by atoms with E-state index in [1.54, 1.807) is 25.1 Å². The van der Waals surface area contributed by atoms with E-state index in [-0.39, 0.29) is 18.0 Å². The summed E-state index contributed by atoms with van der Waals surface area (Å²) in [4.78, 5) is 12.5. The quantitative estimate of drug-likeness (QED) is 0.535. The summed E-state index contributed by atoms with van der Waals surface area (Å²) in [7, 11) is 0. The second kappa shape index (κ2) is 6.88. The fourth-order valence-electron chi connectivity index (χ4n) is 1.79. The summed E-state index contributed by atoms with van der Waals surface area (Å²) >= 11 is 1.49. The van der Waals surface area contributed by atoms with Crippen LogP contribution >= 0.6 is 11.3 Å². The maximum Gasteiger partial charge on any atom is 0.313 e. The molecule has 0 radical (unpaired) electrons. The normalized spacial score (nSPS) is 9.81. The number of ether oxygens (including phenoxy) is 1. The molecule has 1 heterocycles.